The second-order valence-corrected chi connectivity index (χ2v) is 5.96. The molecule has 0 aliphatic carbocycles. The molecule has 25 heavy (non-hydrogen) atoms. The summed E-state index contributed by atoms with van der Waals surface area (Å²) in [6, 6.07) is 4.22. The molecule has 0 unspecified atom stereocenters. The van der Waals surface area contributed by atoms with Crippen LogP contribution in [-0.4, -0.2) is 32.5 Å². The van der Waals surface area contributed by atoms with Gasteiger partial charge >= 0.3 is 6.03 Å². The lowest BCUT2D eigenvalue weighted by molar-refractivity contribution is -0.385. The number of fused-ring (bicyclic) bond motifs is 1. The second-order valence-electron chi connectivity index (χ2n) is 5.96. The Bertz CT molecular complexity index is 804. The number of benzene rings is 1. The van der Waals surface area contributed by atoms with Gasteiger partial charge in [0.05, 0.1) is 11.0 Å². The first-order valence-electron chi connectivity index (χ1n) is 8.09. The van der Waals surface area contributed by atoms with E-state index < -0.39 is 4.92 Å². The van der Waals surface area contributed by atoms with Crippen LogP contribution in [0.3, 0.4) is 0 Å². The minimum Gasteiger partial charge on any atom is -0.340 e. The number of carbonyl (C=O) groups is 1. The number of aromatic nitrogens is 2. The number of amides is 2. The van der Waals surface area contributed by atoms with Crippen molar-refractivity contribution in [1.82, 2.24) is 20.4 Å². The third kappa shape index (κ3) is 3.59. The first-order chi connectivity index (χ1) is 12.0. The number of nitrogens with zero attached hydrogens (tertiary/aromatic N) is 4. The summed E-state index contributed by atoms with van der Waals surface area (Å²) in [5.74, 6) is 0.892. The summed E-state index contributed by atoms with van der Waals surface area (Å²) >= 11 is 0. The molecule has 0 bridgehead atoms. The molecule has 1 aromatic carbocycles. The second kappa shape index (κ2) is 6.88. The van der Waals surface area contributed by atoms with Crippen molar-refractivity contribution < 1.29 is 14.2 Å². The van der Waals surface area contributed by atoms with Crippen molar-refractivity contribution in [3.05, 3.63) is 51.2 Å². The van der Waals surface area contributed by atoms with Gasteiger partial charge in [-0.15, -0.1) is 0 Å². The van der Waals surface area contributed by atoms with Crippen LogP contribution in [0.25, 0.3) is 0 Å². The Labute approximate surface area is 144 Å². The predicted molar refractivity (Wildman–Crippen MR) is 87.8 cm³/mol. The monoisotopic (exact) mass is 345 g/mol. The van der Waals surface area contributed by atoms with Gasteiger partial charge in [0.2, 0.25) is 5.89 Å². The minimum atomic E-state index is -0.426. The van der Waals surface area contributed by atoms with E-state index >= 15 is 0 Å². The summed E-state index contributed by atoms with van der Waals surface area (Å²) in [5.41, 5.74) is 1.88. The largest absolute Gasteiger partial charge is 0.340 e. The highest BCUT2D eigenvalue weighted by Crippen LogP contribution is 2.24. The van der Waals surface area contributed by atoms with Crippen LogP contribution < -0.4 is 5.32 Å². The normalized spacial score (nSPS) is 14.7. The molecule has 2 amide bonds. The van der Waals surface area contributed by atoms with E-state index in [2.05, 4.69) is 15.5 Å². The molecule has 0 radical (unpaired) electrons. The SMILES string of the molecule is CC[C@@H](NC(=O)N1CCc2ccc([N+](=O)[O-])cc2C1)c1noc(C)n1. The van der Waals surface area contributed by atoms with E-state index in [1.165, 1.54) is 12.1 Å². The molecule has 1 aliphatic rings. The molecule has 9 nitrogen and oxygen atoms in total. The molecule has 0 saturated heterocycles. The zero-order valence-corrected chi connectivity index (χ0v) is 14.1. The summed E-state index contributed by atoms with van der Waals surface area (Å²) in [6.45, 7) is 4.51. The third-order valence-corrected chi connectivity index (χ3v) is 4.26. The fraction of sp³-hybridized carbons (Fsp3) is 0.438. The van der Waals surface area contributed by atoms with Crippen LogP contribution in [0.4, 0.5) is 10.5 Å². The van der Waals surface area contributed by atoms with Gasteiger partial charge in [0.25, 0.3) is 5.69 Å². The van der Waals surface area contributed by atoms with E-state index in [1.54, 1.807) is 17.9 Å². The van der Waals surface area contributed by atoms with Crippen LogP contribution >= 0.6 is 0 Å². The van der Waals surface area contributed by atoms with Gasteiger partial charge in [0.15, 0.2) is 5.82 Å². The lowest BCUT2D eigenvalue weighted by Crippen LogP contribution is -2.44. The molecule has 9 heteroatoms. The highest BCUT2D eigenvalue weighted by Gasteiger charge is 2.25. The summed E-state index contributed by atoms with van der Waals surface area (Å²) in [4.78, 5) is 28.9. The van der Waals surface area contributed by atoms with Crippen LogP contribution in [0.15, 0.2) is 22.7 Å². The predicted octanol–water partition coefficient (Wildman–Crippen LogP) is 2.51. The molecule has 0 fully saturated rings. The van der Waals surface area contributed by atoms with Gasteiger partial charge in [0.1, 0.15) is 0 Å². The molecule has 1 aliphatic heterocycles. The quantitative estimate of drug-likeness (QED) is 0.672. The Balaban J connectivity index is 1.71. The van der Waals surface area contributed by atoms with Crippen LogP contribution in [0.1, 0.15) is 42.2 Å². The lowest BCUT2D eigenvalue weighted by atomic mass is 9.99. The maximum absolute atomic E-state index is 12.6. The van der Waals surface area contributed by atoms with E-state index in [0.29, 0.717) is 37.6 Å². The van der Waals surface area contributed by atoms with Gasteiger partial charge in [0, 0.05) is 32.1 Å². The number of rotatable bonds is 4. The van der Waals surface area contributed by atoms with Crippen molar-refractivity contribution in [3.63, 3.8) is 0 Å². The first kappa shape index (κ1) is 16.9. The number of urea groups is 1. The van der Waals surface area contributed by atoms with Gasteiger partial charge in [-0.25, -0.2) is 4.79 Å². The average molecular weight is 345 g/mol. The number of non-ortho nitro benzene ring substituents is 1. The van der Waals surface area contributed by atoms with E-state index in [4.69, 9.17) is 4.52 Å². The van der Waals surface area contributed by atoms with Crippen LogP contribution in [0, 0.1) is 17.0 Å². The fourth-order valence-electron chi connectivity index (χ4n) is 2.88. The Morgan fingerprint density at radius 3 is 2.92 bits per heavy atom. The Kier molecular flexibility index (Phi) is 4.64. The van der Waals surface area contributed by atoms with Gasteiger partial charge in [-0.05, 0) is 24.0 Å². The molecule has 2 heterocycles. The number of aryl methyl sites for hydroxylation is 1. The van der Waals surface area contributed by atoms with Crippen LogP contribution in [0.5, 0.6) is 0 Å². The summed E-state index contributed by atoms with van der Waals surface area (Å²) in [6.07, 6.45) is 1.29. The van der Waals surface area contributed by atoms with E-state index in [0.717, 1.165) is 11.1 Å². The summed E-state index contributed by atoms with van der Waals surface area (Å²) in [7, 11) is 0. The van der Waals surface area contributed by atoms with Gasteiger partial charge in [-0.2, -0.15) is 4.98 Å². The highest BCUT2D eigenvalue weighted by atomic mass is 16.6. The average Bonchev–Trinajstić information content (AvgIpc) is 3.04. The molecule has 3 rings (SSSR count). The number of carbonyl (C=O) groups excluding carboxylic acids is 1. The van der Waals surface area contributed by atoms with Crippen LogP contribution in [0.2, 0.25) is 0 Å². The molecule has 132 valence electrons. The van der Waals surface area contributed by atoms with Crippen molar-refractivity contribution in [2.75, 3.05) is 6.54 Å². The van der Waals surface area contributed by atoms with E-state index in [-0.39, 0.29) is 17.8 Å². The Morgan fingerprint density at radius 2 is 2.28 bits per heavy atom. The van der Waals surface area contributed by atoms with E-state index in [1.807, 2.05) is 6.92 Å². The highest BCUT2D eigenvalue weighted by molar-refractivity contribution is 5.75. The number of nitro benzene ring substituents is 1. The number of hydrogen-bond donors (Lipinski definition) is 1. The standard InChI is InChI=1S/C16H19N5O4/c1-3-14(15-17-10(2)25-19-15)18-16(22)20-7-6-11-4-5-13(21(23)24)8-12(11)9-20/h4-5,8,14H,3,6-7,9H2,1-2H3,(H,18,22)/t14-/m1/s1. The van der Waals surface area contributed by atoms with Gasteiger partial charge < -0.3 is 14.7 Å². The van der Waals surface area contributed by atoms with Crippen molar-refractivity contribution in [1.29, 1.82) is 0 Å². The van der Waals surface area contributed by atoms with Gasteiger partial charge in [-0.3, -0.25) is 10.1 Å². The molecule has 2 aromatic rings. The van der Waals surface area contributed by atoms with Crippen molar-refractivity contribution in [3.8, 4) is 0 Å². The van der Waals surface area contributed by atoms with Crippen LogP contribution in [-0.2, 0) is 13.0 Å². The maximum atomic E-state index is 12.6. The molecule has 1 atom stereocenters. The third-order valence-electron chi connectivity index (χ3n) is 4.26. The maximum Gasteiger partial charge on any atom is 0.318 e. The Hall–Kier alpha value is -2.97. The fourth-order valence-corrected chi connectivity index (χ4v) is 2.88. The molecular weight excluding hydrogens is 326 g/mol. The summed E-state index contributed by atoms with van der Waals surface area (Å²) in [5, 5.41) is 17.7. The van der Waals surface area contributed by atoms with Crippen molar-refractivity contribution in [2.24, 2.45) is 0 Å². The number of nitro groups is 1. The topological polar surface area (TPSA) is 114 Å². The molecular formula is C16H19N5O4. The zero-order valence-electron chi connectivity index (χ0n) is 14.1. The van der Waals surface area contributed by atoms with E-state index in [9.17, 15) is 14.9 Å². The number of hydrogen-bond acceptors (Lipinski definition) is 6. The minimum absolute atomic E-state index is 0.0368. The summed E-state index contributed by atoms with van der Waals surface area (Å²) < 4.78 is 4.97. The van der Waals surface area contributed by atoms with Gasteiger partial charge in [-0.1, -0.05) is 18.1 Å². The molecule has 1 N–H and O–H groups in total. The molecule has 1 aromatic heterocycles. The van der Waals surface area contributed by atoms with Crippen molar-refractivity contribution in [2.45, 2.75) is 39.3 Å². The Morgan fingerprint density at radius 1 is 1.48 bits per heavy atom. The lowest BCUT2D eigenvalue weighted by Gasteiger charge is -2.30. The number of nitrogens with one attached hydrogen (secondary N) is 1. The zero-order chi connectivity index (χ0) is 18.0. The molecule has 0 saturated carbocycles. The molecule has 0 spiro atoms. The first-order valence-corrected chi connectivity index (χ1v) is 8.09. The smallest absolute Gasteiger partial charge is 0.318 e. The van der Waals surface area contributed by atoms with Crippen molar-refractivity contribution >= 4 is 11.7 Å².